The van der Waals surface area contributed by atoms with Gasteiger partial charge in [-0.15, -0.1) is 0 Å². The number of hydrogen-bond acceptors (Lipinski definition) is 8. The van der Waals surface area contributed by atoms with Crippen molar-refractivity contribution in [2.24, 2.45) is 0 Å². The summed E-state index contributed by atoms with van der Waals surface area (Å²) < 4.78 is 12.5. The van der Waals surface area contributed by atoms with Crippen molar-refractivity contribution in [1.29, 1.82) is 0 Å². The number of rotatable bonds is 8. The number of halogens is 1. The van der Waals surface area contributed by atoms with Crippen LogP contribution in [0.3, 0.4) is 0 Å². The summed E-state index contributed by atoms with van der Waals surface area (Å²) in [6.07, 6.45) is 7.84. The minimum Gasteiger partial charge on any atom is -0.491 e. The van der Waals surface area contributed by atoms with Gasteiger partial charge in [-0.05, 0) is 50.6 Å². The predicted octanol–water partition coefficient (Wildman–Crippen LogP) is 2.93. The Morgan fingerprint density at radius 1 is 1.00 bits per heavy atom. The molecule has 3 saturated heterocycles. The van der Waals surface area contributed by atoms with Crippen molar-refractivity contribution in [3.8, 4) is 5.75 Å². The van der Waals surface area contributed by atoms with E-state index in [1.54, 1.807) is 12.1 Å². The lowest BCUT2D eigenvalue weighted by Gasteiger charge is -2.43. The fourth-order valence-corrected chi connectivity index (χ4v) is 5.56. The molecule has 0 saturated carbocycles. The van der Waals surface area contributed by atoms with Crippen LogP contribution in [0.15, 0.2) is 36.7 Å². The number of carbonyl (C=O) groups excluding carboxylic acids is 1. The number of aromatic nitrogens is 2. The van der Waals surface area contributed by atoms with Crippen LogP contribution in [0.5, 0.6) is 5.75 Å². The first-order chi connectivity index (χ1) is 18.5. The first kappa shape index (κ1) is 27.1. The van der Waals surface area contributed by atoms with Crippen molar-refractivity contribution in [3.63, 3.8) is 0 Å². The van der Waals surface area contributed by atoms with E-state index >= 15 is 0 Å². The highest BCUT2D eigenvalue weighted by Gasteiger charge is 2.41. The van der Waals surface area contributed by atoms with Crippen molar-refractivity contribution in [2.45, 2.75) is 37.8 Å². The van der Waals surface area contributed by atoms with E-state index < -0.39 is 5.60 Å². The van der Waals surface area contributed by atoms with Crippen LogP contribution in [-0.4, -0.2) is 109 Å². The van der Waals surface area contributed by atoms with E-state index in [4.69, 9.17) is 21.1 Å². The number of piperazine rings is 1. The zero-order valence-corrected chi connectivity index (χ0v) is 23.1. The van der Waals surface area contributed by atoms with Gasteiger partial charge in [0.1, 0.15) is 18.0 Å². The van der Waals surface area contributed by atoms with E-state index in [-0.39, 0.29) is 18.9 Å². The highest BCUT2D eigenvalue weighted by atomic mass is 35.5. The first-order valence-corrected chi connectivity index (χ1v) is 14.1. The standard InChI is InChI=1S/C28H39ClN6O3/c1-32-11-13-34(14-12-32)26(36)17-28(22-37-25-7-5-24(29)6-8-25)21-33(15-16-38-28)20-23-18-30-27(31-19-23)35-9-3-2-4-10-35/h5-8,18-19H,2-4,9-17,20-22H2,1H3/t28-/m0/s1. The molecule has 1 amide bonds. The SMILES string of the molecule is CN1CCN(C(=O)C[C@@]2(COc3ccc(Cl)cc3)CN(Cc3cnc(N4CCCCC4)nc3)CCO2)CC1. The van der Waals surface area contributed by atoms with Gasteiger partial charge in [0.2, 0.25) is 11.9 Å². The molecule has 0 aliphatic carbocycles. The molecule has 0 spiro atoms. The summed E-state index contributed by atoms with van der Waals surface area (Å²) >= 11 is 6.05. The molecule has 0 N–H and O–H groups in total. The van der Waals surface area contributed by atoms with Gasteiger partial charge in [-0.3, -0.25) is 9.69 Å². The van der Waals surface area contributed by atoms with Crippen molar-refractivity contribution in [1.82, 2.24) is 24.7 Å². The third-order valence-corrected chi connectivity index (χ3v) is 7.96. The number of morpholine rings is 1. The maximum atomic E-state index is 13.4. The highest BCUT2D eigenvalue weighted by Crippen LogP contribution is 2.27. The van der Waals surface area contributed by atoms with Crippen LogP contribution in [0, 0.1) is 0 Å². The largest absolute Gasteiger partial charge is 0.491 e. The van der Waals surface area contributed by atoms with Crippen molar-refractivity contribution >= 4 is 23.5 Å². The molecule has 3 aliphatic heterocycles. The minimum atomic E-state index is -0.743. The number of likely N-dealkylation sites (N-methyl/N-ethyl adjacent to an activating group) is 1. The Morgan fingerprint density at radius 3 is 2.42 bits per heavy atom. The van der Waals surface area contributed by atoms with Gasteiger partial charge in [-0.1, -0.05) is 11.6 Å². The summed E-state index contributed by atoms with van der Waals surface area (Å²) in [6.45, 7) is 8.22. The van der Waals surface area contributed by atoms with E-state index in [9.17, 15) is 4.79 Å². The molecule has 0 bridgehead atoms. The molecule has 4 heterocycles. The summed E-state index contributed by atoms with van der Waals surface area (Å²) in [6, 6.07) is 7.31. The zero-order valence-electron chi connectivity index (χ0n) is 22.4. The van der Waals surface area contributed by atoms with Crippen LogP contribution in [-0.2, 0) is 16.1 Å². The Labute approximate surface area is 230 Å². The number of piperidine rings is 1. The summed E-state index contributed by atoms with van der Waals surface area (Å²) in [5, 5.41) is 0.658. The Hall–Kier alpha value is -2.46. The molecule has 1 aromatic carbocycles. The Kier molecular flexibility index (Phi) is 8.99. The number of nitrogens with zero attached hydrogens (tertiary/aromatic N) is 6. The molecule has 2 aromatic rings. The second-order valence-electron chi connectivity index (χ2n) is 10.8. The van der Waals surface area contributed by atoms with E-state index in [0.29, 0.717) is 30.5 Å². The molecular weight excluding hydrogens is 504 g/mol. The predicted molar refractivity (Wildman–Crippen MR) is 148 cm³/mol. The molecule has 206 valence electrons. The number of benzene rings is 1. The minimum absolute atomic E-state index is 0.119. The van der Waals surface area contributed by atoms with E-state index in [1.165, 1.54) is 19.3 Å². The van der Waals surface area contributed by atoms with Gasteiger partial charge in [-0.25, -0.2) is 9.97 Å². The average Bonchev–Trinajstić information content (AvgIpc) is 2.94. The molecule has 1 atom stereocenters. The van der Waals surface area contributed by atoms with E-state index in [1.807, 2.05) is 29.4 Å². The number of hydrogen-bond donors (Lipinski definition) is 0. The van der Waals surface area contributed by atoms with Gasteiger partial charge in [-0.2, -0.15) is 0 Å². The van der Waals surface area contributed by atoms with Crippen LogP contribution in [0.1, 0.15) is 31.2 Å². The number of amides is 1. The number of carbonyl (C=O) groups is 1. The fraction of sp³-hybridized carbons (Fsp3) is 0.607. The quantitative estimate of drug-likeness (QED) is 0.504. The average molecular weight is 543 g/mol. The number of anilines is 1. The van der Waals surface area contributed by atoms with Gasteiger partial charge in [0.15, 0.2) is 0 Å². The molecule has 10 heteroatoms. The monoisotopic (exact) mass is 542 g/mol. The molecule has 3 fully saturated rings. The third-order valence-electron chi connectivity index (χ3n) is 7.71. The summed E-state index contributed by atoms with van der Waals surface area (Å²) in [4.78, 5) is 31.5. The second-order valence-corrected chi connectivity index (χ2v) is 11.2. The van der Waals surface area contributed by atoms with Crippen LogP contribution >= 0.6 is 11.6 Å². The Bertz CT molecular complexity index is 1040. The van der Waals surface area contributed by atoms with Crippen molar-refractivity contribution < 1.29 is 14.3 Å². The zero-order chi connectivity index (χ0) is 26.4. The van der Waals surface area contributed by atoms with E-state index in [2.05, 4.69) is 31.7 Å². The smallest absolute Gasteiger partial charge is 0.225 e. The lowest BCUT2D eigenvalue weighted by molar-refractivity contribution is -0.157. The molecule has 0 unspecified atom stereocenters. The highest BCUT2D eigenvalue weighted by molar-refractivity contribution is 6.30. The lowest BCUT2D eigenvalue weighted by Crippen LogP contribution is -2.58. The summed E-state index contributed by atoms with van der Waals surface area (Å²) in [5.41, 5.74) is 0.318. The maximum Gasteiger partial charge on any atom is 0.225 e. The fourth-order valence-electron chi connectivity index (χ4n) is 5.44. The normalized spacial score (nSPS) is 23.4. The molecule has 1 aromatic heterocycles. The maximum absolute atomic E-state index is 13.4. The molecule has 38 heavy (non-hydrogen) atoms. The third kappa shape index (κ3) is 7.14. The molecular formula is C28H39ClN6O3. The molecule has 5 rings (SSSR count). The van der Waals surface area contributed by atoms with Gasteiger partial charge in [0.25, 0.3) is 0 Å². The second kappa shape index (κ2) is 12.6. The molecule has 0 radical (unpaired) electrons. The van der Waals surface area contributed by atoms with Crippen LogP contribution in [0.25, 0.3) is 0 Å². The Balaban J connectivity index is 1.26. The van der Waals surface area contributed by atoms with Gasteiger partial charge in [0.05, 0.1) is 13.0 Å². The lowest BCUT2D eigenvalue weighted by atomic mass is 9.96. The summed E-state index contributed by atoms with van der Waals surface area (Å²) in [5.74, 6) is 1.65. The van der Waals surface area contributed by atoms with Crippen molar-refractivity contribution in [3.05, 3.63) is 47.2 Å². The topological polar surface area (TPSA) is 74.3 Å². The Morgan fingerprint density at radius 2 is 1.71 bits per heavy atom. The van der Waals surface area contributed by atoms with Gasteiger partial charge >= 0.3 is 0 Å². The molecule has 3 aliphatic rings. The van der Waals surface area contributed by atoms with Crippen LogP contribution in [0.2, 0.25) is 5.02 Å². The van der Waals surface area contributed by atoms with Crippen molar-refractivity contribution in [2.75, 3.05) is 77.5 Å². The van der Waals surface area contributed by atoms with Gasteiger partial charge in [0, 0.05) is 81.9 Å². The van der Waals surface area contributed by atoms with Crippen LogP contribution in [0.4, 0.5) is 5.95 Å². The first-order valence-electron chi connectivity index (χ1n) is 13.7. The summed E-state index contributed by atoms with van der Waals surface area (Å²) in [7, 11) is 2.09. The number of ether oxygens (including phenoxy) is 2. The van der Waals surface area contributed by atoms with Gasteiger partial charge < -0.3 is 24.2 Å². The van der Waals surface area contributed by atoms with Crippen LogP contribution < -0.4 is 9.64 Å². The van der Waals surface area contributed by atoms with E-state index in [0.717, 1.165) is 57.3 Å². The molecule has 9 nitrogen and oxygen atoms in total.